The number of halogens is 1. The summed E-state index contributed by atoms with van der Waals surface area (Å²) in [7, 11) is 0. The summed E-state index contributed by atoms with van der Waals surface area (Å²) in [6, 6.07) is 14.6. The lowest BCUT2D eigenvalue weighted by Crippen LogP contribution is -2.39. The zero-order chi connectivity index (χ0) is 18.4. The van der Waals surface area contributed by atoms with Crippen LogP contribution in [0.2, 0.25) is 0 Å². The molecule has 0 fully saturated rings. The Hall–Kier alpha value is -2.38. The summed E-state index contributed by atoms with van der Waals surface area (Å²) in [6.45, 7) is 0.762. The predicted molar refractivity (Wildman–Crippen MR) is 104 cm³/mol. The summed E-state index contributed by atoms with van der Waals surface area (Å²) in [6.07, 6.45) is 1.58. The maximum atomic E-state index is 12.7. The molecule has 0 aliphatic carbocycles. The van der Waals surface area contributed by atoms with Crippen LogP contribution in [0.5, 0.6) is 0 Å². The maximum absolute atomic E-state index is 12.7. The molecule has 3 rings (SSSR count). The van der Waals surface area contributed by atoms with E-state index < -0.39 is 0 Å². The van der Waals surface area contributed by atoms with E-state index in [4.69, 9.17) is 4.42 Å². The summed E-state index contributed by atoms with van der Waals surface area (Å²) >= 11 is 4.92. The highest BCUT2D eigenvalue weighted by molar-refractivity contribution is 9.10. The van der Waals surface area contributed by atoms with Crippen LogP contribution in [-0.2, 0) is 17.9 Å². The molecule has 1 aromatic carbocycles. The van der Waals surface area contributed by atoms with Crippen molar-refractivity contribution in [1.82, 2.24) is 10.2 Å². The predicted octanol–water partition coefficient (Wildman–Crippen LogP) is 4.06. The molecule has 5 nitrogen and oxygen atoms in total. The van der Waals surface area contributed by atoms with Gasteiger partial charge in [0.15, 0.2) is 0 Å². The van der Waals surface area contributed by atoms with Gasteiger partial charge in [-0.25, -0.2) is 0 Å². The Bertz CT molecular complexity index is 827. The fraction of sp³-hybridized carbons (Fsp3) is 0.158. The Labute approximate surface area is 163 Å². The van der Waals surface area contributed by atoms with E-state index in [0.29, 0.717) is 24.4 Å². The zero-order valence-electron chi connectivity index (χ0n) is 13.9. The summed E-state index contributed by atoms with van der Waals surface area (Å²) in [5.74, 6) is 0.250. The van der Waals surface area contributed by atoms with Gasteiger partial charge in [-0.15, -0.1) is 11.3 Å². The van der Waals surface area contributed by atoms with Gasteiger partial charge < -0.3 is 14.6 Å². The van der Waals surface area contributed by atoms with Crippen molar-refractivity contribution >= 4 is 39.1 Å². The third-order valence-electron chi connectivity index (χ3n) is 3.69. The number of nitrogens with zero attached hydrogens (tertiary/aromatic N) is 1. The van der Waals surface area contributed by atoms with Crippen molar-refractivity contribution in [2.45, 2.75) is 13.1 Å². The Morgan fingerprint density at radius 3 is 2.69 bits per heavy atom. The topological polar surface area (TPSA) is 62.6 Å². The number of carbonyl (C=O) groups excluding carboxylic acids is 2. The van der Waals surface area contributed by atoms with Crippen molar-refractivity contribution in [3.8, 4) is 0 Å². The van der Waals surface area contributed by atoms with Crippen molar-refractivity contribution in [3.63, 3.8) is 0 Å². The molecule has 2 aromatic heterocycles. The van der Waals surface area contributed by atoms with Crippen molar-refractivity contribution in [1.29, 1.82) is 0 Å². The van der Waals surface area contributed by atoms with E-state index in [0.717, 1.165) is 9.35 Å². The van der Waals surface area contributed by atoms with Gasteiger partial charge in [0.05, 0.1) is 25.9 Å². The van der Waals surface area contributed by atoms with E-state index >= 15 is 0 Å². The number of nitrogens with one attached hydrogen (secondary N) is 1. The van der Waals surface area contributed by atoms with Gasteiger partial charge in [-0.1, -0.05) is 28.1 Å². The van der Waals surface area contributed by atoms with Crippen LogP contribution in [0.1, 0.15) is 21.0 Å². The van der Waals surface area contributed by atoms with Gasteiger partial charge in [-0.2, -0.15) is 0 Å². The van der Waals surface area contributed by atoms with Gasteiger partial charge in [-0.3, -0.25) is 9.59 Å². The Kier molecular flexibility index (Phi) is 6.25. The van der Waals surface area contributed by atoms with Crippen LogP contribution in [-0.4, -0.2) is 23.3 Å². The number of hydrogen-bond acceptors (Lipinski definition) is 4. The molecular weight excluding hydrogens is 416 g/mol. The molecule has 0 saturated carbocycles. The fourth-order valence-corrected chi connectivity index (χ4v) is 3.53. The van der Waals surface area contributed by atoms with Crippen molar-refractivity contribution in [2.24, 2.45) is 0 Å². The van der Waals surface area contributed by atoms with Crippen LogP contribution in [0.15, 0.2) is 69.1 Å². The highest BCUT2D eigenvalue weighted by Gasteiger charge is 2.17. The zero-order valence-corrected chi connectivity index (χ0v) is 16.3. The lowest BCUT2D eigenvalue weighted by atomic mass is 10.2. The molecule has 0 radical (unpaired) electrons. The molecule has 1 N–H and O–H groups in total. The number of benzene rings is 1. The van der Waals surface area contributed by atoms with Crippen molar-refractivity contribution < 1.29 is 14.0 Å². The average molecular weight is 433 g/mol. The molecule has 0 aliphatic rings. The number of carbonyl (C=O) groups is 2. The molecule has 0 bridgehead atoms. The molecule has 0 atom stereocenters. The number of furan rings is 1. The highest BCUT2D eigenvalue weighted by atomic mass is 79.9. The Morgan fingerprint density at radius 1 is 1.12 bits per heavy atom. The van der Waals surface area contributed by atoms with Crippen LogP contribution in [0.4, 0.5) is 0 Å². The minimum Gasteiger partial charge on any atom is -0.467 e. The first-order valence-electron chi connectivity index (χ1n) is 7.98. The second-order valence-corrected chi connectivity index (χ2v) is 7.55. The third kappa shape index (κ3) is 5.06. The van der Waals surface area contributed by atoms with Crippen LogP contribution in [0.3, 0.4) is 0 Å². The number of amides is 2. The molecule has 0 spiro atoms. The van der Waals surface area contributed by atoms with E-state index in [9.17, 15) is 9.59 Å². The normalized spacial score (nSPS) is 10.5. The summed E-state index contributed by atoms with van der Waals surface area (Å²) in [5.41, 5.74) is 0.503. The summed E-state index contributed by atoms with van der Waals surface area (Å²) in [5, 5.41) is 4.66. The van der Waals surface area contributed by atoms with Crippen molar-refractivity contribution in [2.75, 3.05) is 6.54 Å². The van der Waals surface area contributed by atoms with Crippen LogP contribution < -0.4 is 5.32 Å². The van der Waals surface area contributed by atoms with E-state index in [2.05, 4.69) is 21.2 Å². The fourth-order valence-electron chi connectivity index (χ4n) is 2.41. The smallest absolute Gasteiger partial charge is 0.251 e. The molecule has 26 heavy (non-hydrogen) atoms. The molecule has 134 valence electrons. The monoisotopic (exact) mass is 432 g/mol. The SMILES string of the molecule is O=C(NCC(=O)N(Cc1ccco1)Cc1cccs1)c1cccc(Br)c1. The van der Waals surface area contributed by atoms with Gasteiger partial charge in [0.2, 0.25) is 5.91 Å². The second kappa shape index (κ2) is 8.82. The molecule has 0 unspecified atom stereocenters. The minimum atomic E-state index is -0.284. The third-order valence-corrected chi connectivity index (χ3v) is 5.05. The molecule has 0 saturated heterocycles. The van der Waals surface area contributed by atoms with Gasteiger partial charge >= 0.3 is 0 Å². The van der Waals surface area contributed by atoms with Gasteiger partial charge in [-0.05, 0) is 41.8 Å². The second-order valence-electron chi connectivity index (χ2n) is 5.60. The quantitative estimate of drug-likeness (QED) is 0.611. The van der Waals surface area contributed by atoms with E-state index in [1.54, 1.807) is 46.8 Å². The average Bonchev–Trinajstić information content (AvgIpc) is 3.33. The molecule has 2 amide bonds. The molecule has 7 heteroatoms. The van der Waals surface area contributed by atoms with Crippen LogP contribution >= 0.6 is 27.3 Å². The van der Waals surface area contributed by atoms with Crippen LogP contribution in [0, 0.1) is 0 Å². The van der Waals surface area contributed by atoms with Crippen LogP contribution in [0.25, 0.3) is 0 Å². The molecule has 0 aliphatic heterocycles. The summed E-state index contributed by atoms with van der Waals surface area (Å²) < 4.78 is 6.17. The molecule has 3 aromatic rings. The number of thiophene rings is 1. The highest BCUT2D eigenvalue weighted by Crippen LogP contribution is 2.15. The first kappa shape index (κ1) is 18.4. The van der Waals surface area contributed by atoms with E-state index in [1.807, 2.05) is 29.6 Å². The maximum Gasteiger partial charge on any atom is 0.251 e. The molecular formula is C19H17BrN2O3S. The number of rotatable bonds is 7. The Morgan fingerprint density at radius 2 is 2.00 bits per heavy atom. The van der Waals surface area contributed by atoms with Gasteiger partial charge in [0.25, 0.3) is 5.91 Å². The first-order chi connectivity index (χ1) is 12.6. The largest absolute Gasteiger partial charge is 0.467 e. The molecule has 2 heterocycles. The van der Waals surface area contributed by atoms with Crippen molar-refractivity contribution in [3.05, 3.63) is 80.8 Å². The van der Waals surface area contributed by atoms with E-state index in [-0.39, 0.29) is 18.4 Å². The lowest BCUT2D eigenvalue weighted by molar-refractivity contribution is -0.131. The minimum absolute atomic E-state index is 0.0720. The standard InChI is InChI=1S/C19H17BrN2O3S/c20-15-5-1-4-14(10-15)19(24)21-11-18(23)22(12-16-6-2-8-25-16)13-17-7-3-9-26-17/h1-10H,11-13H2,(H,21,24). The van der Waals surface area contributed by atoms with E-state index in [1.165, 1.54) is 0 Å². The summed E-state index contributed by atoms with van der Waals surface area (Å²) in [4.78, 5) is 27.6. The lowest BCUT2D eigenvalue weighted by Gasteiger charge is -2.21. The Balaban J connectivity index is 1.63. The first-order valence-corrected chi connectivity index (χ1v) is 9.65. The van der Waals surface area contributed by atoms with Gasteiger partial charge in [0, 0.05) is 14.9 Å². The van der Waals surface area contributed by atoms with Gasteiger partial charge in [0.1, 0.15) is 5.76 Å². The number of hydrogen-bond donors (Lipinski definition) is 1.